The Kier molecular flexibility index (Phi) is 10.5. The summed E-state index contributed by atoms with van der Waals surface area (Å²) in [6.07, 6.45) is 14.4. The van der Waals surface area contributed by atoms with Crippen LogP contribution < -0.4 is 0 Å². The van der Waals surface area contributed by atoms with Crippen molar-refractivity contribution < 1.29 is 19.1 Å². The lowest BCUT2D eigenvalue weighted by Gasteiger charge is -2.12. The molecule has 0 N–H and O–H groups in total. The van der Waals surface area contributed by atoms with Gasteiger partial charge in [-0.25, -0.2) is 0 Å². The standard InChI is InChI=1S/C20H31NO4/c1-3-5-7-8-9-10-12-14-20(24)25-17-15-19(23)21(16-17)18(22)13-11-6-4-2/h11,13,15H,3-10,12,14,16H2,1-2H3/b13-11+. The fourth-order valence-electron chi connectivity index (χ4n) is 2.61. The molecular formula is C20H31NO4. The van der Waals surface area contributed by atoms with Crippen molar-refractivity contribution in [2.75, 3.05) is 6.54 Å². The first-order valence-corrected chi connectivity index (χ1v) is 9.51. The smallest absolute Gasteiger partial charge is 0.310 e. The van der Waals surface area contributed by atoms with E-state index < -0.39 is 5.91 Å². The Morgan fingerprint density at radius 1 is 1.08 bits per heavy atom. The molecule has 25 heavy (non-hydrogen) atoms. The molecular weight excluding hydrogens is 318 g/mol. The molecule has 0 saturated heterocycles. The number of carbonyl (C=O) groups excluding carboxylic acids is 3. The normalized spacial score (nSPS) is 14.2. The van der Waals surface area contributed by atoms with E-state index in [0.29, 0.717) is 6.42 Å². The zero-order valence-corrected chi connectivity index (χ0v) is 15.6. The highest BCUT2D eigenvalue weighted by atomic mass is 16.5. The van der Waals surface area contributed by atoms with E-state index in [1.165, 1.54) is 37.8 Å². The topological polar surface area (TPSA) is 63.7 Å². The molecule has 0 fully saturated rings. The van der Waals surface area contributed by atoms with E-state index >= 15 is 0 Å². The van der Waals surface area contributed by atoms with Gasteiger partial charge < -0.3 is 4.74 Å². The Bertz CT molecular complexity index is 508. The molecule has 5 nitrogen and oxygen atoms in total. The van der Waals surface area contributed by atoms with E-state index in [2.05, 4.69) is 6.92 Å². The van der Waals surface area contributed by atoms with Gasteiger partial charge in [-0.2, -0.15) is 0 Å². The Morgan fingerprint density at radius 3 is 2.44 bits per heavy atom. The molecule has 1 aliphatic heterocycles. The number of ether oxygens (including phenoxy) is 1. The van der Waals surface area contributed by atoms with Crippen molar-refractivity contribution in [2.24, 2.45) is 0 Å². The van der Waals surface area contributed by atoms with Crippen LogP contribution in [0.2, 0.25) is 0 Å². The number of hydrogen-bond acceptors (Lipinski definition) is 4. The maximum atomic E-state index is 11.9. The van der Waals surface area contributed by atoms with Crippen molar-refractivity contribution in [1.82, 2.24) is 4.90 Å². The summed E-state index contributed by atoms with van der Waals surface area (Å²) in [5, 5.41) is 0. The van der Waals surface area contributed by atoms with Gasteiger partial charge in [-0.05, 0) is 18.9 Å². The number of carbonyl (C=O) groups is 3. The van der Waals surface area contributed by atoms with Crippen LogP contribution in [0.5, 0.6) is 0 Å². The first-order valence-electron chi connectivity index (χ1n) is 9.51. The molecule has 0 aliphatic carbocycles. The zero-order chi connectivity index (χ0) is 18.5. The van der Waals surface area contributed by atoms with Crippen LogP contribution >= 0.6 is 0 Å². The fourth-order valence-corrected chi connectivity index (χ4v) is 2.61. The van der Waals surface area contributed by atoms with Gasteiger partial charge in [-0.15, -0.1) is 0 Å². The number of hydrogen-bond donors (Lipinski definition) is 0. The van der Waals surface area contributed by atoms with Gasteiger partial charge in [0.05, 0.1) is 6.54 Å². The first-order chi connectivity index (χ1) is 12.1. The molecule has 140 valence electrons. The SMILES string of the molecule is CCC/C=C/C(=O)N1CC(OC(=O)CCCCCCCCC)=CC1=O. The van der Waals surface area contributed by atoms with E-state index in [1.807, 2.05) is 6.92 Å². The van der Waals surface area contributed by atoms with Crippen molar-refractivity contribution in [1.29, 1.82) is 0 Å². The number of amides is 2. The Labute approximate surface area is 151 Å². The largest absolute Gasteiger partial charge is 0.429 e. The van der Waals surface area contributed by atoms with Gasteiger partial charge >= 0.3 is 5.97 Å². The maximum absolute atomic E-state index is 11.9. The summed E-state index contributed by atoms with van der Waals surface area (Å²) in [5.74, 6) is -0.865. The van der Waals surface area contributed by atoms with Gasteiger partial charge in [-0.1, -0.05) is 64.9 Å². The molecule has 0 atom stereocenters. The summed E-state index contributed by atoms with van der Waals surface area (Å²) in [6.45, 7) is 4.24. The summed E-state index contributed by atoms with van der Waals surface area (Å²) < 4.78 is 5.22. The molecule has 1 aliphatic rings. The van der Waals surface area contributed by atoms with Crippen LogP contribution in [0.15, 0.2) is 24.0 Å². The van der Waals surface area contributed by atoms with Gasteiger partial charge in [0.1, 0.15) is 5.76 Å². The fraction of sp³-hybridized carbons (Fsp3) is 0.650. The monoisotopic (exact) mass is 349 g/mol. The van der Waals surface area contributed by atoms with Crippen molar-refractivity contribution in [3.63, 3.8) is 0 Å². The molecule has 0 aromatic rings. The summed E-state index contributed by atoms with van der Waals surface area (Å²) >= 11 is 0. The lowest BCUT2D eigenvalue weighted by Crippen LogP contribution is -2.31. The number of rotatable bonds is 12. The van der Waals surface area contributed by atoms with Gasteiger partial charge in [0.15, 0.2) is 0 Å². The minimum atomic E-state index is -0.426. The van der Waals surface area contributed by atoms with Crippen molar-refractivity contribution >= 4 is 17.8 Å². The van der Waals surface area contributed by atoms with E-state index in [-0.39, 0.29) is 24.2 Å². The Balaban J connectivity index is 2.24. The van der Waals surface area contributed by atoms with Crippen LogP contribution in [0.3, 0.4) is 0 Å². The first kappa shape index (κ1) is 21.1. The molecule has 0 spiro atoms. The second kappa shape index (κ2) is 12.5. The second-order valence-electron chi connectivity index (χ2n) is 6.41. The lowest BCUT2D eigenvalue weighted by atomic mass is 10.1. The predicted molar refractivity (Wildman–Crippen MR) is 97.6 cm³/mol. The minimum absolute atomic E-state index is 0.0386. The molecule has 2 amide bonds. The maximum Gasteiger partial charge on any atom is 0.310 e. The van der Waals surface area contributed by atoms with E-state index in [4.69, 9.17) is 4.74 Å². The molecule has 0 radical (unpaired) electrons. The average Bonchev–Trinajstić information content (AvgIpc) is 2.94. The number of nitrogens with zero attached hydrogens (tertiary/aromatic N) is 1. The predicted octanol–water partition coefficient (Wildman–Crippen LogP) is 4.28. The highest BCUT2D eigenvalue weighted by Crippen LogP contribution is 2.15. The third-order valence-electron chi connectivity index (χ3n) is 4.08. The average molecular weight is 349 g/mol. The quantitative estimate of drug-likeness (QED) is 0.300. The van der Waals surface area contributed by atoms with Crippen molar-refractivity contribution in [3.8, 4) is 0 Å². The van der Waals surface area contributed by atoms with Crippen LogP contribution in [0, 0.1) is 0 Å². The number of unbranched alkanes of at least 4 members (excludes halogenated alkanes) is 7. The van der Waals surface area contributed by atoms with Crippen LogP contribution in [-0.2, 0) is 19.1 Å². The van der Waals surface area contributed by atoms with Crippen LogP contribution in [0.4, 0.5) is 0 Å². The Hall–Kier alpha value is -1.91. The second-order valence-corrected chi connectivity index (χ2v) is 6.41. The van der Waals surface area contributed by atoms with Crippen LogP contribution in [0.25, 0.3) is 0 Å². The molecule has 0 unspecified atom stereocenters. The van der Waals surface area contributed by atoms with Gasteiger partial charge in [0, 0.05) is 12.5 Å². The molecule has 1 heterocycles. The zero-order valence-electron chi connectivity index (χ0n) is 15.6. The number of allylic oxidation sites excluding steroid dienone is 1. The molecule has 0 bridgehead atoms. The minimum Gasteiger partial charge on any atom is -0.429 e. The van der Waals surface area contributed by atoms with E-state index in [9.17, 15) is 14.4 Å². The third-order valence-corrected chi connectivity index (χ3v) is 4.08. The summed E-state index contributed by atoms with van der Waals surface area (Å²) in [6, 6.07) is 0. The summed E-state index contributed by atoms with van der Waals surface area (Å²) in [4.78, 5) is 36.7. The highest BCUT2D eigenvalue weighted by molar-refractivity contribution is 6.07. The van der Waals surface area contributed by atoms with Gasteiger partial charge in [0.2, 0.25) is 0 Å². The number of esters is 1. The van der Waals surface area contributed by atoms with Gasteiger partial charge in [-0.3, -0.25) is 19.3 Å². The number of imide groups is 1. The molecule has 5 heteroatoms. The van der Waals surface area contributed by atoms with E-state index in [1.54, 1.807) is 6.08 Å². The molecule has 1 rings (SSSR count). The molecule has 0 saturated carbocycles. The van der Waals surface area contributed by atoms with Crippen molar-refractivity contribution in [2.45, 2.75) is 78.1 Å². The van der Waals surface area contributed by atoms with Crippen LogP contribution in [-0.4, -0.2) is 29.2 Å². The van der Waals surface area contributed by atoms with Crippen LogP contribution in [0.1, 0.15) is 78.1 Å². The summed E-state index contributed by atoms with van der Waals surface area (Å²) in [5.41, 5.74) is 0. The third kappa shape index (κ3) is 8.66. The van der Waals surface area contributed by atoms with Crippen molar-refractivity contribution in [3.05, 3.63) is 24.0 Å². The lowest BCUT2D eigenvalue weighted by molar-refractivity contribution is -0.142. The van der Waals surface area contributed by atoms with Gasteiger partial charge in [0.25, 0.3) is 11.8 Å². The molecule has 0 aromatic heterocycles. The van der Waals surface area contributed by atoms with E-state index in [0.717, 1.165) is 37.0 Å². The molecule has 0 aromatic carbocycles. The highest BCUT2D eigenvalue weighted by Gasteiger charge is 2.28. The summed E-state index contributed by atoms with van der Waals surface area (Å²) in [7, 11) is 0. The Morgan fingerprint density at radius 2 is 1.76 bits per heavy atom.